The first-order chi connectivity index (χ1) is 7.58. The van der Waals surface area contributed by atoms with Gasteiger partial charge in [0.15, 0.2) is 11.5 Å². The van der Waals surface area contributed by atoms with Crippen molar-refractivity contribution in [2.45, 2.75) is 19.5 Å². The number of halogens is 1. The van der Waals surface area contributed by atoms with Crippen LogP contribution in [0, 0.1) is 12.3 Å². The summed E-state index contributed by atoms with van der Waals surface area (Å²) < 4.78 is 5.00. The van der Waals surface area contributed by atoms with Gasteiger partial charge in [0.2, 0.25) is 0 Å². The summed E-state index contributed by atoms with van der Waals surface area (Å²) in [6.45, 7) is 2.30. The van der Waals surface area contributed by atoms with E-state index in [2.05, 4.69) is 11.2 Å². The van der Waals surface area contributed by atoms with Crippen LogP contribution in [0.5, 0.6) is 11.5 Å². The van der Waals surface area contributed by atoms with Crippen LogP contribution in [0.4, 0.5) is 0 Å². The highest BCUT2D eigenvalue weighted by molar-refractivity contribution is 6.30. The SMILES string of the molecule is C#CC(C)NCc1cc(Cl)cc(OC)c1O. The molecule has 0 saturated heterocycles. The minimum absolute atomic E-state index is 0.0654. The molecule has 3 nitrogen and oxygen atoms in total. The normalized spacial score (nSPS) is 11.9. The Hall–Kier alpha value is -1.37. The Morgan fingerprint density at radius 2 is 2.31 bits per heavy atom. The quantitative estimate of drug-likeness (QED) is 0.792. The van der Waals surface area contributed by atoms with Gasteiger partial charge in [0, 0.05) is 23.2 Å². The summed E-state index contributed by atoms with van der Waals surface area (Å²) in [5, 5.41) is 13.4. The number of nitrogens with one attached hydrogen (secondary N) is 1. The Kier molecular flexibility index (Phi) is 4.48. The van der Waals surface area contributed by atoms with E-state index in [4.69, 9.17) is 22.8 Å². The lowest BCUT2D eigenvalue weighted by atomic mass is 10.1. The summed E-state index contributed by atoms with van der Waals surface area (Å²) in [7, 11) is 1.48. The van der Waals surface area contributed by atoms with Gasteiger partial charge >= 0.3 is 0 Å². The molecule has 0 radical (unpaired) electrons. The summed E-state index contributed by atoms with van der Waals surface area (Å²) in [5.74, 6) is 2.99. The van der Waals surface area contributed by atoms with E-state index in [1.165, 1.54) is 7.11 Å². The third-order valence-corrected chi connectivity index (χ3v) is 2.41. The summed E-state index contributed by atoms with van der Waals surface area (Å²) in [6, 6.07) is 3.17. The predicted molar refractivity (Wildman–Crippen MR) is 64.8 cm³/mol. The topological polar surface area (TPSA) is 41.5 Å². The molecular formula is C12H14ClNO2. The molecule has 2 N–H and O–H groups in total. The lowest BCUT2D eigenvalue weighted by Crippen LogP contribution is -2.23. The lowest BCUT2D eigenvalue weighted by molar-refractivity contribution is 0.369. The van der Waals surface area contributed by atoms with Crippen molar-refractivity contribution in [2.24, 2.45) is 0 Å². The lowest BCUT2D eigenvalue weighted by Gasteiger charge is -2.12. The second-order valence-electron chi connectivity index (χ2n) is 3.39. The molecule has 0 spiro atoms. The van der Waals surface area contributed by atoms with Gasteiger partial charge in [-0.2, -0.15) is 0 Å². The van der Waals surface area contributed by atoms with E-state index in [1.54, 1.807) is 12.1 Å². The summed E-state index contributed by atoms with van der Waals surface area (Å²) in [4.78, 5) is 0. The second kappa shape index (κ2) is 5.64. The van der Waals surface area contributed by atoms with Gasteiger partial charge in [-0.05, 0) is 13.0 Å². The van der Waals surface area contributed by atoms with Crippen molar-refractivity contribution in [1.82, 2.24) is 5.32 Å². The van der Waals surface area contributed by atoms with Gasteiger partial charge in [-0.25, -0.2) is 0 Å². The van der Waals surface area contributed by atoms with Crippen molar-refractivity contribution in [3.8, 4) is 23.8 Å². The van der Waals surface area contributed by atoms with Crippen LogP contribution in [0.25, 0.3) is 0 Å². The number of aromatic hydroxyl groups is 1. The molecule has 4 heteroatoms. The Labute approximate surface area is 100 Å². The fraction of sp³-hybridized carbons (Fsp3) is 0.333. The van der Waals surface area contributed by atoms with Gasteiger partial charge in [-0.15, -0.1) is 6.42 Å². The highest BCUT2D eigenvalue weighted by atomic mass is 35.5. The summed E-state index contributed by atoms with van der Waals surface area (Å²) in [5.41, 5.74) is 0.659. The van der Waals surface area contributed by atoms with Crippen LogP contribution in [-0.4, -0.2) is 18.3 Å². The number of phenolic OH excluding ortho intramolecular Hbond substituents is 1. The first-order valence-electron chi connectivity index (χ1n) is 4.83. The monoisotopic (exact) mass is 239 g/mol. The van der Waals surface area contributed by atoms with Crippen molar-refractivity contribution in [1.29, 1.82) is 0 Å². The smallest absolute Gasteiger partial charge is 0.162 e. The zero-order valence-electron chi connectivity index (χ0n) is 9.25. The molecule has 0 aliphatic rings. The molecule has 0 amide bonds. The number of methoxy groups -OCH3 is 1. The van der Waals surface area contributed by atoms with E-state index in [0.29, 0.717) is 22.9 Å². The Bertz CT molecular complexity index is 412. The second-order valence-corrected chi connectivity index (χ2v) is 3.82. The van der Waals surface area contributed by atoms with Crippen LogP contribution >= 0.6 is 11.6 Å². The van der Waals surface area contributed by atoms with Crippen LogP contribution < -0.4 is 10.1 Å². The molecule has 0 aliphatic heterocycles. The van der Waals surface area contributed by atoms with E-state index >= 15 is 0 Å². The third-order valence-electron chi connectivity index (χ3n) is 2.19. The van der Waals surface area contributed by atoms with Gasteiger partial charge in [0.05, 0.1) is 13.2 Å². The van der Waals surface area contributed by atoms with Gasteiger partial charge in [0.25, 0.3) is 0 Å². The Morgan fingerprint density at radius 3 is 2.88 bits per heavy atom. The van der Waals surface area contributed by atoms with Crippen molar-refractivity contribution in [3.05, 3.63) is 22.7 Å². The highest BCUT2D eigenvalue weighted by Gasteiger charge is 2.10. The average molecular weight is 240 g/mol. The van der Waals surface area contributed by atoms with E-state index < -0.39 is 0 Å². The number of hydrogen-bond donors (Lipinski definition) is 2. The van der Waals surface area contributed by atoms with Crippen LogP contribution in [0.15, 0.2) is 12.1 Å². The molecule has 0 aromatic heterocycles. The highest BCUT2D eigenvalue weighted by Crippen LogP contribution is 2.33. The molecule has 0 saturated carbocycles. The molecule has 86 valence electrons. The maximum absolute atomic E-state index is 9.82. The Morgan fingerprint density at radius 1 is 1.62 bits per heavy atom. The van der Waals surface area contributed by atoms with Crippen molar-refractivity contribution >= 4 is 11.6 Å². The van der Waals surface area contributed by atoms with Crippen LogP contribution in [-0.2, 0) is 6.54 Å². The van der Waals surface area contributed by atoms with Gasteiger partial charge in [-0.3, -0.25) is 5.32 Å². The number of phenols is 1. The van der Waals surface area contributed by atoms with Crippen molar-refractivity contribution in [2.75, 3.05) is 7.11 Å². The molecule has 1 aromatic rings. The minimum atomic E-state index is -0.0654. The van der Waals surface area contributed by atoms with Crippen LogP contribution in [0.1, 0.15) is 12.5 Å². The predicted octanol–water partition coefficient (Wildman–Crippen LogP) is 2.17. The number of terminal acetylenes is 1. The van der Waals surface area contributed by atoms with Crippen molar-refractivity contribution in [3.63, 3.8) is 0 Å². The maximum Gasteiger partial charge on any atom is 0.162 e. The number of benzene rings is 1. The van der Waals surface area contributed by atoms with Crippen molar-refractivity contribution < 1.29 is 9.84 Å². The van der Waals surface area contributed by atoms with Crippen LogP contribution in [0.2, 0.25) is 5.02 Å². The molecule has 1 atom stereocenters. The average Bonchev–Trinajstić information content (AvgIpc) is 2.29. The molecule has 0 aliphatic carbocycles. The molecule has 16 heavy (non-hydrogen) atoms. The molecular weight excluding hydrogens is 226 g/mol. The standard InChI is InChI=1S/C12H14ClNO2/c1-4-8(2)14-7-9-5-10(13)6-11(16-3)12(9)15/h1,5-6,8,14-15H,7H2,2-3H3. The van der Waals surface area contributed by atoms with Gasteiger partial charge in [0.1, 0.15) is 0 Å². The van der Waals surface area contributed by atoms with E-state index in [-0.39, 0.29) is 11.8 Å². The molecule has 1 aromatic carbocycles. The van der Waals surface area contributed by atoms with Gasteiger partial charge < -0.3 is 9.84 Å². The zero-order valence-corrected chi connectivity index (χ0v) is 10.0. The summed E-state index contributed by atoms with van der Waals surface area (Å²) in [6.07, 6.45) is 5.23. The molecule has 0 bridgehead atoms. The largest absolute Gasteiger partial charge is 0.504 e. The van der Waals surface area contributed by atoms with E-state index in [1.807, 2.05) is 6.92 Å². The number of hydrogen-bond acceptors (Lipinski definition) is 3. The van der Waals surface area contributed by atoms with Gasteiger partial charge in [-0.1, -0.05) is 17.5 Å². The van der Waals surface area contributed by atoms with E-state index in [0.717, 1.165) is 0 Å². The molecule has 0 fully saturated rings. The maximum atomic E-state index is 9.82. The first-order valence-corrected chi connectivity index (χ1v) is 5.21. The molecule has 1 unspecified atom stereocenters. The van der Waals surface area contributed by atoms with E-state index in [9.17, 15) is 5.11 Å². The Balaban J connectivity index is 2.88. The minimum Gasteiger partial charge on any atom is -0.504 e. The van der Waals surface area contributed by atoms with Crippen LogP contribution in [0.3, 0.4) is 0 Å². The molecule has 0 heterocycles. The third kappa shape index (κ3) is 3.06. The fourth-order valence-electron chi connectivity index (χ4n) is 1.24. The molecule has 1 rings (SSSR count). The fourth-order valence-corrected chi connectivity index (χ4v) is 1.47. The number of rotatable bonds is 4. The summed E-state index contributed by atoms with van der Waals surface area (Å²) >= 11 is 5.89. The number of ether oxygens (including phenoxy) is 1. The first kappa shape index (κ1) is 12.7. The zero-order chi connectivity index (χ0) is 12.1.